The Balaban J connectivity index is 1.96. The van der Waals surface area contributed by atoms with E-state index in [0.29, 0.717) is 20.9 Å². The molecule has 2 aromatic carbocycles. The molecule has 0 aliphatic rings. The summed E-state index contributed by atoms with van der Waals surface area (Å²) in [4.78, 5) is 28.5. The van der Waals surface area contributed by atoms with Gasteiger partial charge in [0.1, 0.15) is 5.15 Å². The SMILES string of the molecule is Cc1c(Cl)nc2ccc(Br)cc2c1C(=O)NCC(CCC(=O)O)c1ccccc1C(F)(F)F. The summed E-state index contributed by atoms with van der Waals surface area (Å²) in [5, 5.41) is 12.4. The lowest BCUT2D eigenvalue weighted by Crippen LogP contribution is -2.30. The van der Waals surface area contributed by atoms with Crippen LogP contribution in [0.2, 0.25) is 5.15 Å². The van der Waals surface area contributed by atoms with Gasteiger partial charge in [-0.05, 0) is 48.7 Å². The van der Waals surface area contributed by atoms with Gasteiger partial charge in [-0.1, -0.05) is 45.7 Å². The highest BCUT2D eigenvalue weighted by Gasteiger charge is 2.35. The van der Waals surface area contributed by atoms with E-state index in [-0.39, 0.29) is 35.7 Å². The number of aliphatic carboxylic acids is 1. The summed E-state index contributed by atoms with van der Waals surface area (Å²) < 4.78 is 41.4. The third-order valence-corrected chi connectivity index (χ3v) is 6.14. The van der Waals surface area contributed by atoms with Crippen LogP contribution in [-0.4, -0.2) is 28.5 Å². The molecule has 3 aromatic rings. The van der Waals surface area contributed by atoms with Crippen molar-refractivity contribution in [1.29, 1.82) is 0 Å². The highest BCUT2D eigenvalue weighted by Crippen LogP contribution is 2.36. The number of aromatic nitrogens is 1. The fourth-order valence-electron chi connectivity index (χ4n) is 3.67. The van der Waals surface area contributed by atoms with Crippen LogP contribution in [0.4, 0.5) is 13.2 Å². The standard InChI is InChI=1S/C23H19BrClF3N2O3/c1-12-20(16-10-14(24)7-8-18(16)30-21(12)25)22(33)29-11-13(6-9-19(31)32)15-4-2-3-5-17(15)23(26,27)28/h2-5,7-8,10,13H,6,9,11H2,1H3,(H,29,33)(H,31,32). The van der Waals surface area contributed by atoms with Crippen molar-refractivity contribution in [2.75, 3.05) is 6.54 Å². The van der Waals surface area contributed by atoms with Crippen molar-refractivity contribution in [2.24, 2.45) is 0 Å². The molecule has 2 N–H and O–H groups in total. The number of carboxylic acid groups (broad SMARTS) is 1. The number of nitrogens with one attached hydrogen (secondary N) is 1. The van der Waals surface area contributed by atoms with E-state index in [0.717, 1.165) is 6.07 Å². The molecular formula is C23H19BrClF3N2O3. The molecule has 1 amide bonds. The third kappa shape index (κ3) is 5.83. The normalized spacial score (nSPS) is 12.5. The Bertz CT molecular complexity index is 1220. The molecule has 5 nitrogen and oxygen atoms in total. The first kappa shape index (κ1) is 25.0. The Morgan fingerprint density at radius 3 is 2.58 bits per heavy atom. The van der Waals surface area contributed by atoms with Crippen molar-refractivity contribution in [2.45, 2.75) is 31.9 Å². The van der Waals surface area contributed by atoms with Gasteiger partial charge in [-0.2, -0.15) is 13.2 Å². The lowest BCUT2D eigenvalue weighted by atomic mass is 9.89. The van der Waals surface area contributed by atoms with E-state index >= 15 is 0 Å². The second-order valence-electron chi connectivity index (χ2n) is 7.49. The number of amides is 1. The van der Waals surface area contributed by atoms with Crippen molar-refractivity contribution in [3.8, 4) is 0 Å². The zero-order chi connectivity index (χ0) is 24.3. The van der Waals surface area contributed by atoms with Gasteiger partial charge in [-0.15, -0.1) is 0 Å². The molecule has 1 heterocycles. The van der Waals surface area contributed by atoms with Crippen LogP contribution in [0.3, 0.4) is 0 Å². The average Bonchev–Trinajstić information content (AvgIpc) is 2.74. The molecule has 0 spiro atoms. The van der Waals surface area contributed by atoms with E-state index in [2.05, 4.69) is 26.2 Å². The zero-order valence-corrected chi connectivity index (χ0v) is 19.7. The smallest absolute Gasteiger partial charge is 0.416 e. The second-order valence-corrected chi connectivity index (χ2v) is 8.76. The van der Waals surface area contributed by atoms with E-state index in [4.69, 9.17) is 16.7 Å². The minimum atomic E-state index is -4.61. The van der Waals surface area contributed by atoms with Gasteiger partial charge >= 0.3 is 12.1 Å². The molecule has 1 aromatic heterocycles. The van der Waals surface area contributed by atoms with Crippen molar-refractivity contribution in [3.63, 3.8) is 0 Å². The molecule has 0 aliphatic heterocycles. The van der Waals surface area contributed by atoms with E-state index in [1.807, 2.05) is 0 Å². The van der Waals surface area contributed by atoms with Gasteiger partial charge in [0, 0.05) is 28.7 Å². The third-order valence-electron chi connectivity index (χ3n) is 5.28. The van der Waals surface area contributed by atoms with Crippen LogP contribution >= 0.6 is 27.5 Å². The molecule has 33 heavy (non-hydrogen) atoms. The number of carbonyl (C=O) groups excluding carboxylic acids is 1. The highest BCUT2D eigenvalue weighted by molar-refractivity contribution is 9.10. The van der Waals surface area contributed by atoms with Crippen LogP contribution in [-0.2, 0) is 11.0 Å². The molecule has 0 radical (unpaired) electrons. The predicted molar refractivity (Wildman–Crippen MR) is 123 cm³/mol. The maximum atomic E-state index is 13.6. The van der Waals surface area contributed by atoms with E-state index in [1.165, 1.54) is 18.2 Å². The predicted octanol–water partition coefficient (Wildman–Crippen LogP) is 6.36. The average molecular weight is 544 g/mol. The largest absolute Gasteiger partial charge is 0.481 e. The Labute approximate surface area is 201 Å². The fraction of sp³-hybridized carbons (Fsp3) is 0.261. The first-order valence-corrected chi connectivity index (χ1v) is 11.1. The Morgan fingerprint density at radius 2 is 1.91 bits per heavy atom. The minimum Gasteiger partial charge on any atom is -0.481 e. The molecule has 0 saturated carbocycles. The molecular weight excluding hydrogens is 525 g/mol. The van der Waals surface area contributed by atoms with E-state index < -0.39 is 29.5 Å². The number of alkyl halides is 3. The van der Waals surface area contributed by atoms with Crippen molar-refractivity contribution < 1.29 is 27.9 Å². The quantitative estimate of drug-likeness (QED) is 0.340. The van der Waals surface area contributed by atoms with Crippen molar-refractivity contribution in [3.05, 3.63) is 74.3 Å². The van der Waals surface area contributed by atoms with Crippen LogP contribution in [0.5, 0.6) is 0 Å². The summed E-state index contributed by atoms with van der Waals surface area (Å²) in [5.41, 5.74) is 0.254. The lowest BCUT2D eigenvalue weighted by Gasteiger charge is -2.22. The summed E-state index contributed by atoms with van der Waals surface area (Å²) in [7, 11) is 0. The Morgan fingerprint density at radius 1 is 1.21 bits per heavy atom. The summed E-state index contributed by atoms with van der Waals surface area (Å²) in [6.45, 7) is 1.44. The summed E-state index contributed by atoms with van der Waals surface area (Å²) >= 11 is 9.56. The number of fused-ring (bicyclic) bond motifs is 1. The maximum absolute atomic E-state index is 13.6. The topological polar surface area (TPSA) is 79.3 Å². The Kier molecular flexibility index (Phi) is 7.64. The van der Waals surface area contributed by atoms with Crippen LogP contribution < -0.4 is 5.32 Å². The summed E-state index contributed by atoms with van der Waals surface area (Å²) in [6, 6.07) is 10.1. The number of hydrogen-bond acceptors (Lipinski definition) is 3. The number of benzene rings is 2. The monoisotopic (exact) mass is 542 g/mol. The molecule has 1 atom stereocenters. The molecule has 0 aliphatic carbocycles. The van der Waals surface area contributed by atoms with Crippen LogP contribution in [0.1, 0.15) is 45.8 Å². The Hall–Kier alpha value is -2.65. The van der Waals surface area contributed by atoms with Gasteiger partial charge in [0.15, 0.2) is 0 Å². The van der Waals surface area contributed by atoms with Crippen LogP contribution in [0.15, 0.2) is 46.9 Å². The molecule has 0 bridgehead atoms. The van der Waals surface area contributed by atoms with Gasteiger partial charge in [-0.25, -0.2) is 4.98 Å². The first-order chi connectivity index (χ1) is 15.5. The lowest BCUT2D eigenvalue weighted by molar-refractivity contribution is -0.138. The number of carboxylic acids is 1. The minimum absolute atomic E-state index is 0.0661. The molecule has 3 rings (SSSR count). The molecule has 10 heteroatoms. The van der Waals surface area contributed by atoms with Crippen molar-refractivity contribution in [1.82, 2.24) is 10.3 Å². The van der Waals surface area contributed by atoms with Gasteiger partial charge in [0.25, 0.3) is 5.91 Å². The van der Waals surface area contributed by atoms with E-state index in [1.54, 1.807) is 25.1 Å². The zero-order valence-electron chi connectivity index (χ0n) is 17.3. The second kappa shape index (κ2) is 10.1. The number of rotatable bonds is 7. The molecule has 174 valence electrons. The van der Waals surface area contributed by atoms with Gasteiger partial charge in [0.2, 0.25) is 0 Å². The summed E-state index contributed by atoms with van der Waals surface area (Å²) in [6.07, 6.45) is -5.03. The first-order valence-electron chi connectivity index (χ1n) is 9.90. The number of pyridine rings is 1. The van der Waals surface area contributed by atoms with Crippen molar-refractivity contribution >= 4 is 50.3 Å². The van der Waals surface area contributed by atoms with E-state index in [9.17, 15) is 22.8 Å². The van der Waals surface area contributed by atoms with Gasteiger partial charge in [-0.3, -0.25) is 9.59 Å². The molecule has 0 fully saturated rings. The fourth-order valence-corrected chi connectivity index (χ4v) is 4.22. The molecule has 1 unspecified atom stereocenters. The molecule has 0 saturated heterocycles. The van der Waals surface area contributed by atoms with Gasteiger partial charge in [0.05, 0.1) is 16.6 Å². The number of carbonyl (C=O) groups is 2. The number of halogens is 5. The maximum Gasteiger partial charge on any atom is 0.416 e. The van der Waals surface area contributed by atoms with Crippen LogP contribution in [0, 0.1) is 6.92 Å². The van der Waals surface area contributed by atoms with Gasteiger partial charge < -0.3 is 10.4 Å². The number of nitrogens with zero attached hydrogens (tertiary/aromatic N) is 1. The number of hydrogen-bond donors (Lipinski definition) is 2. The summed E-state index contributed by atoms with van der Waals surface area (Å²) in [5.74, 6) is -2.54. The highest BCUT2D eigenvalue weighted by atomic mass is 79.9. The van der Waals surface area contributed by atoms with Crippen LogP contribution in [0.25, 0.3) is 10.9 Å².